The molecule has 1 aromatic carbocycles. The molecule has 0 aliphatic carbocycles. The fraction of sp³-hybridized carbons (Fsp3) is 0.647. The standard InChI is InChI=1S/C17H28N2/c1-3-4-15-9-10-19(12-15)13-16-5-7-17(8-6-16)14(2)11-18/h5-8,14-15H,3-4,9-13,18H2,1-2H3. The van der Waals surface area contributed by atoms with E-state index < -0.39 is 0 Å². The molecule has 0 bridgehead atoms. The molecule has 2 N–H and O–H groups in total. The summed E-state index contributed by atoms with van der Waals surface area (Å²) in [5.41, 5.74) is 8.50. The molecule has 2 nitrogen and oxygen atoms in total. The van der Waals surface area contributed by atoms with Crippen LogP contribution in [0.5, 0.6) is 0 Å². The van der Waals surface area contributed by atoms with Gasteiger partial charge in [-0.05, 0) is 48.9 Å². The first-order valence-electron chi connectivity index (χ1n) is 7.74. The van der Waals surface area contributed by atoms with Crippen LogP contribution in [0.15, 0.2) is 24.3 Å². The Morgan fingerprint density at radius 3 is 2.68 bits per heavy atom. The fourth-order valence-corrected chi connectivity index (χ4v) is 3.05. The van der Waals surface area contributed by atoms with Crippen molar-refractivity contribution < 1.29 is 0 Å². The molecule has 1 aromatic rings. The van der Waals surface area contributed by atoms with E-state index in [9.17, 15) is 0 Å². The highest BCUT2D eigenvalue weighted by Gasteiger charge is 2.21. The molecular weight excluding hydrogens is 232 g/mol. The van der Waals surface area contributed by atoms with Crippen molar-refractivity contribution in [2.24, 2.45) is 11.7 Å². The van der Waals surface area contributed by atoms with Crippen LogP contribution in [0, 0.1) is 5.92 Å². The molecule has 0 spiro atoms. The molecule has 1 heterocycles. The zero-order valence-electron chi connectivity index (χ0n) is 12.4. The van der Waals surface area contributed by atoms with Crippen LogP contribution >= 0.6 is 0 Å². The van der Waals surface area contributed by atoms with Gasteiger partial charge in [-0.1, -0.05) is 44.5 Å². The van der Waals surface area contributed by atoms with Gasteiger partial charge in [0.1, 0.15) is 0 Å². The summed E-state index contributed by atoms with van der Waals surface area (Å²) in [7, 11) is 0. The second-order valence-electron chi connectivity index (χ2n) is 6.06. The van der Waals surface area contributed by atoms with Gasteiger partial charge in [0, 0.05) is 13.1 Å². The van der Waals surface area contributed by atoms with E-state index in [-0.39, 0.29) is 0 Å². The SMILES string of the molecule is CCCC1CCN(Cc2ccc(C(C)CN)cc2)C1. The normalized spacial score (nSPS) is 21.7. The van der Waals surface area contributed by atoms with E-state index in [2.05, 4.69) is 43.0 Å². The lowest BCUT2D eigenvalue weighted by Crippen LogP contribution is -2.20. The van der Waals surface area contributed by atoms with E-state index in [0.717, 1.165) is 19.0 Å². The van der Waals surface area contributed by atoms with Crippen molar-refractivity contribution in [2.45, 2.75) is 45.6 Å². The highest BCUT2D eigenvalue weighted by molar-refractivity contribution is 5.25. The summed E-state index contributed by atoms with van der Waals surface area (Å²) in [6.07, 6.45) is 4.10. The number of rotatable bonds is 6. The van der Waals surface area contributed by atoms with Crippen molar-refractivity contribution in [1.29, 1.82) is 0 Å². The molecule has 1 fully saturated rings. The van der Waals surface area contributed by atoms with Crippen molar-refractivity contribution >= 4 is 0 Å². The number of nitrogens with two attached hydrogens (primary N) is 1. The Balaban J connectivity index is 1.86. The largest absolute Gasteiger partial charge is 0.330 e. The topological polar surface area (TPSA) is 29.3 Å². The molecule has 2 heteroatoms. The third-order valence-corrected chi connectivity index (χ3v) is 4.38. The number of likely N-dealkylation sites (tertiary alicyclic amines) is 1. The maximum absolute atomic E-state index is 5.71. The maximum atomic E-state index is 5.71. The molecule has 106 valence electrons. The minimum absolute atomic E-state index is 0.467. The Bertz CT molecular complexity index is 371. The predicted octanol–water partition coefficient (Wildman–Crippen LogP) is 3.37. The van der Waals surface area contributed by atoms with Crippen LogP contribution in [0.2, 0.25) is 0 Å². The van der Waals surface area contributed by atoms with E-state index in [0.29, 0.717) is 5.92 Å². The van der Waals surface area contributed by atoms with Crippen LogP contribution in [0.4, 0.5) is 0 Å². The number of benzene rings is 1. The van der Waals surface area contributed by atoms with E-state index in [1.807, 2.05) is 0 Å². The Morgan fingerprint density at radius 1 is 1.32 bits per heavy atom. The van der Waals surface area contributed by atoms with E-state index in [4.69, 9.17) is 5.73 Å². The molecular formula is C17H28N2. The summed E-state index contributed by atoms with van der Waals surface area (Å²) in [4.78, 5) is 2.60. The summed E-state index contributed by atoms with van der Waals surface area (Å²) in [5.74, 6) is 1.40. The van der Waals surface area contributed by atoms with Crippen molar-refractivity contribution in [1.82, 2.24) is 4.90 Å². The lowest BCUT2D eigenvalue weighted by Gasteiger charge is -2.17. The molecule has 2 atom stereocenters. The van der Waals surface area contributed by atoms with Crippen molar-refractivity contribution in [3.8, 4) is 0 Å². The van der Waals surface area contributed by atoms with Gasteiger partial charge in [-0.3, -0.25) is 4.90 Å². The monoisotopic (exact) mass is 260 g/mol. The lowest BCUT2D eigenvalue weighted by atomic mass is 10.00. The molecule has 2 rings (SSSR count). The molecule has 2 unspecified atom stereocenters. The first kappa shape index (κ1) is 14.5. The van der Waals surface area contributed by atoms with Crippen LogP contribution < -0.4 is 5.73 Å². The zero-order chi connectivity index (χ0) is 13.7. The van der Waals surface area contributed by atoms with Crippen molar-refractivity contribution in [3.05, 3.63) is 35.4 Å². The fourth-order valence-electron chi connectivity index (χ4n) is 3.05. The Morgan fingerprint density at radius 2 is 2.05 bits per heavy atom. The first-order valence-corrected chi connectivity index (χ1v) is 7.74. The second-order valence-corrected chi connectivity index (χ2v) is 6.06. The third-order valence-electron chi connectivity index (χ3n) is 4.38. The van der Waals surface area contributed by atoms with E-state index in [1.165, 1.54) is 43.5 Å². The molecule has 0 saturated carbocycles. The molecule has 0 amide bonds. The minimum atomic E-state index is 0.467. The first-order chi connectivity index (χ1) is 9.22. The van der Waals surface area contributed by atoms with Crippen molar-refractivity contribution in [3.63, 3.8) is 0 Å². The molecule has 1 aliphatic rings. The van der Waals surface area contributed by atoms with Crippen LogP contribution in [-0.2, 0) is 6.54 Å². The van der Waals surface area contributed by atoms with E-state index in [1.54, 1.807) is 0 Å². The number of nitrogens with zero attached hydrogens (tertiary/aromatic N) is 1. The van der Waals surface area contributed by atoms with Gasteiger partial charge < -0.3 is 5.73 Å². The number of hydrogen-bond donors (Lipinski definition) is 1. The molecule has 1 saturated heterocycles. The van der Waals surface area contributed by atoms with Gasteiger partial charge in [-0.25, -0.2) is 0 Å². The molecule has 0 radical (unpaired) electrons. The summed E-state index contributed by atoms with van der Waals surface area (Å²) in [6, 6.07) is 9.03. The smallest absolute Gasteiger partial charge is 0.0233 e. The summed E-state index contributed by atoms with van der Waals surface area (Å²) < 4.78 is 0. The van der Waals surface area contributed by atoms with Gasteiger partial charge in [0.15, 0.2) is 0 Å². The average molecular weight is 260 g/mol. The minimum Gasteiger partial charge on any atom is -0.330 e. The van der Waals surface area contributed by atoms with Gasteiger partial charge in [-0.2, -0.15) is 0 Å². The highest BCUT2D eigenvalue weighted by Crippen LogP contribution is 2.23. The third kappa shape index (κ3) is 4.05. The van der Waals surface area contributed by atoms with Crippen LogP contribution in [0.25, 0.3) is 0 Å². The van der Waals surface area contributed by atoms with Crippen LogP contribution in [-0.4, -0.2) is 24.5 Å². The maximum Gasteiger partial charge on any atom is 0.0233 e. The van der Waals surface area contributed by atoms with Gasteiger partial charge in [0.2, 0.25) is 0 Å². The van der Waals surface area contributed by atoms with Crippen molar-refractivity contribution in [2.75, 3.05) is 19.6 Å². The Kier molecular flexibility index (Phi) is 5.41. The average Bonchev–Trinajstić information content (AvgIpc) is 2.86. The number of hydrogen-bond acceptors (Lipinski definition) is 2. The summed E-state index contributed by atoms with van der Waals surface area (Å²) in [5, 5.41) is 0. The van der Waals surface area contributed by atoms with Gasteiger partial charge in [0.05, 0.1) is 0 Å². The van der Waals surface area contributed by atoms with Crippen LogP contribution in [0.1, 0.15) is 50.2 Å². The van der Waals surface area contributed by atoms with Gasteiger partial charge in [-0.15, -0.1) is 0 Å². The molecule has 1 aliphatic heterocycles. The van der Waals surface area contributed by atoms with E-state index >= 15 is 0 Å². The highest BCUT2D eigenvalue weighted by atomic mass is 15.1. The summed E-state index contributed by atoms with van der Waals surface area (Å²) >= 11 is 0. The molecule has 0 aromatic heterocycles. The quantitative estimate of drug-likeness (QED) is 0.849. The van der Waals surface area contributed by atoms with Gasteiger partial charge in [0.25, 0.3) is 0 Å². The van der Waals surface area contributed by atoms with Gasteiger partial charge >= 0.3 is 0 Å². The second kappa shape index (κ2) is 7.06. The van der Waals surface area contributed by atoms with Crippen LogP contribution in [0.3, 0.4) is 0 Å². The lowest BCUT2D eigenvalue weighted by molar-refractivity contribution is 0.313. The summed E-state index contributed by atoms with van der Waals surface area (Å²) in [6.45, 7) is 8.87. The predicted molar refractivity (Wildman–Crippen MR) is 82.2 cm³/mol. The Labute approximate surface area is 118 Å². The zero-order valence-corrected chi connectivity index (χ0v) is 12.4. The Hall–Kier alpha value is -0.860. The molecule has 19 heavy (non-hydrogen) atoms.